The average Bonchev–Trinajstić information content (AvgIpc) is 2.77. The van der Waals surface area contributed by atoms with Gasteiger partial charge in [-0.25, -0.2) is 4.79 Å². The van der Waals surface area contributed by atoms with Crippen LogP contribution in [0, 0.1) is 0 Å². The largest absolute Gasteiger partial charge is 0.465 e. The molecule has 1 heterocycles. The lowest BCUT2D eigenvalue weighted by Crippen LogP contribution is -2.30. The second kappa shape index (κ2) is 9.50. The number of hydrogen-bond donors (Lipinski definition) is 1. The predicted molar refractivity (Wildman–Crippen MR) is 112 cm³/mol. The Labute approximate surface area is 170 Å². The summed E-state index contributed by atoms with van der Waals surface area (Å²) >= 11 is 0. The average molecular weight is 389 g/mol. The van der Waals surface area contributed by atoms with E-state index in [0.717, 1.165) is 5.56 Å². The second-order valence-electron chi connectivity index (χ2n) is 6.43. The van der Waals surface area contributed by atoms with Crippen LogP contribution in [0.4, 0.5) is 11.4 Å². The van der Waals surface area contributed by atoms with Gasteiger partial charge in [0, 0.05) is 19.3 Å². The number of hydrogen-bond acceptors (Lipinski definition) is 5. The molecule has 1 amide bonds. The van der Waals surface area contributed by atoms with E-state index in [2.05, 4.69) is 10.3 Å². The van der Waals surface area contributed by atoms with Crippen molar-refractivity contribution in [1.82, 2.24) is 9.88 Å². The SMILES string of the molecule is CCN(Cc1ccccc1)C(=O)c1cncc(Nc2ccccc2C(=O)OC)c1. The van der Waals surface area contributed by atoms with Crippen LogP contribution in [0.2, 0.25) is 0 Å². The zero-order chi connectivity index (χ0) is 20.6. The molecule has 29 heavy (non-hydrogen) atoms. The lowest BCUT2D eigenvalue weighted by atomic mass is 10.1. The van der Waals surface area contributed by atoms with E-state index in [1.54, 1.807) is 41.6 Å². The Kier molecular flexibility index (Phi) is 6.58. The van der Waals surface area contributed by atoms with Crippen LogP contribution in [0.5, 0.6) is 0 Å². The number of esters is 1. The first-order chi connectivity index (χ1) is 14.1. The number of para-hydroxylation sites is 1. The molecule has 3 aromatic rings. The summed E-state index contributed by atoms with van der Waals surface area (Å²) in [5, 5.41) is 3.16. The molecule has 0 aliphatic rings. The van der Waals surface area contributed by atoms with E-state index in [-0.39, 0.29) is 5.91 Å². The number of pyridine rings is 1. The minimum absolute atomic E-state index is 0.103. The van der Waals surface area contributed by atoms with Crippen LogP contribution in [-0.4, -0.2) is 35.4 Å². The molecular formula is C23H23N3O3. The molecule has 6 heteroatoms. The van der Waals surface area contributed by atoms with Gasteiger partial charge in [-0.2, -0.15) is 0 Å². The van der Waals surface area contributed by atoms with Crippen molar-refractivity contribution >= 4 is 23.3 Å². The van der Waals surface area contributed by atoms with Crippen molar-refractivity contribution in [2.24, 2.45) is 0 Å². The first kappa shape index (κ1) is 20.1. The molecule has 0 bridgehead atoms. The third-order valence-corrected chi connectivity index (χ3v) is 4.48. The highest BCUT2D eigenvalue weighted by Gasteiger charge is 2.16. The van der Waals surface area contributed by atoms with Crippen molar-refractivity contribution in [1.29, 1.82) is 0 Å². The van der Waals surface area contributed by atoms with Crippen molar-refractivity contribution in [2.75, 3.05) is 19.0 Å². The Morgan fingerprint density at radius 2 is 1.76 bits per heavy atom. The molecule has 6 nitrogen and oxygen atoms in total. The molecule has 0 unspecified atom stereocenters. The maximum Gasteiger partial charge on any atom is 0.339 e. The Bertz CT molecular complexity index is 989. The second-order valence-corrected chi connectivity index (χ2v) is 6.43. The monoisotopic (exact) mass is 389 g/mol. The number of aromatic nitrogens is 1. The molecule has 1 N–H and O–H groups in total. The van der Waals surface area contributed by atoms with Gasteiger partial charge in [-0.1, -0.05) is 42.5 Å². The number of methoxy groups -OCH3 is 1. The predicted octanol–water partition coefficient (Wildman–Crippen LogP) is 4.27. The van der Waals surface area contributed by atoms with Crippen LogP contribution in [0.25, 0.3) is 0 Å². The molecule has 0 saturated carbocycles. The molecule has 148 valence electrons. The van der Waals surface area contributed by atoms with Crippen molar-refractivity contribution < 1.29 is 14.3 Å². The van der Waals surface area contributed by atoms with Crippen LogP contribution < -0.4 is 5.32 Å². The van der Waals surface area contributed by atoms with Crippen molar-refractivity contribution in [3.05, 3.63) is 89.7 Å². The first-order valence-corrected chi connectivity index (χ1v) is 9.35. The van der Waals surface area contributed by atoms with Crippen LogP contribution in [0.3, 0.4) is 0 Å². The molecule has 1 aromatic heterocycles. The molecule has 0 aliphatic heterocycles. The summed E-state index contributed by atoms with van der Waals surface area (Å²) in [7, 11) is 1.34. The summed E-state index contributed by atoms with van der Waals surface area (Å²) in [6.07, 6.45) is 3.16. The van der Waals surface area contributed by atoms with Gasteiger partial charge < -0.3 is 15.0 Å². The van der Waals surface area contributed by atoms with Crippen LogP contribution in [-0.2, 0) is 11.3 Å². The van der Waals surface area contributed by atoms with Crippen LogP contribution in [0.15, 0.2) is 73.1 Å². The van der Waals surface area contributed by atoms with E-state index in [1.807, 2.05) is 43.3 Å². The topological polar surface area (TPSA) is 71.5 Å². The zero-order valence-electron chi connectivity index (χ0n) is 16.5. The number of anilines is 2. The number of rotatable bonds is 7. The smallest absolute Gasteiger partial charge is 0.339 e. The number of ether oxygens (including phenoxy) is 1. The van der Waals surface area contributed by atoms with Crippen molar-refractivity contribution in [3.8, 4) is 0 Å². The van der Waals surface area contributed by atoms with Gasteiger partial charge in [0.05, 0.1) is 35.8 Å². The number of benzene rings is 2. The highest BCUT2D eigenvalue weighted by molar-refractivity contribution is 5.97. The molecule has 0 fully saturated rings. The lowest BCUT2D eigenvalue weighted by Gasteiger charge is -2.21. The third kappa shape index (κ3) is 4.99. The van der Waals surface area contributed by atoms with Gasteiger partial charge >= 0.3 is 5.97 Å². The summed E-state index contributed by atoms with van der Waals surface area (Å²) < 4.78 is 4.82. The molecule has 3 rings (SSSR count). The van der Waals surface area contributed by atoms with E-state index < -0.39 is 5.97 Å². The molecular weight excluding hydrogens is 366 g/mol. The number of amides is 1. The summed E-state index contributed by atoms with van der Waals surface area (Å²) in [5.41, 5.74) is 3.15. The zero-order valence-corrected chi connectivity index (χ0v) is 16.5. The summed E-state index contributed by atoms with van der Waals surface area (Å²) in [5.74, 6) is -0.540. The maximum atomic E-state index is 13.0. The van der Waals surface area contributed by atoms with Crippen LogP contribution >= 0.6 is 0 Å². The minimum Gasteiger partial charge on any atom is -0.465 e. The van der Waals surface area contributed by atoms with E-state index in [9.17, 15) is 9.59 Å². The molecule has 0 spiro atoms. The molecule has 0 radical (unpaired) electrons. The molecule has 0 atom stereocenters. The van der Waals surface area contributed by atoms with Gasteiger partial charge in [0.15, 0.2) is 0 Å². The van der Waals surface area contributed by atoms with Crippen molar-refractivity contribution in [3.63, 3.8) is 0 Å². The summed E-state index contributed by atoms with van der Waals surface area (Å²) in [6.45, 7) is 3.05. The van der Waals surface area contributed by atoms with E-state index in [0.29, 0.717) is 35.6 Å². The molecule has 0 saturated heterocycles. The number of nitrogens with zero attached hydrogens (tertiary/aromatic N) is 2. The Morgan fingerprint density at radius 1 is 1.03 bits per heavy atom. The van der Waals surface area contributed by atoms with E-state index >= 15 is 0 Å². The molecule has 0 aliphatic carbocycles. The Hall–Kier alpha value is -3.67. The van der Waals surface area contributed by atoms with E-state index in [1.165, 1.54) is 7.11 Å². The van der Waals surface area contributed by atoms with Gasteiger partial charge in [-0.05, 0) is 30.7 Å². The van der Waals surface area contributed by atoms with Crippen molar-refractivity contribution in [2.45, 2.75) is 13.5 Å². The lowest BCUT2D eigenvalue weighted by molar-refractivity contribution is 0.0601. The minimum atomic E-state index is -0.437. The van der Waals surface area contributed by atoms with Gasteiger partial charge in [0.2, 0.25) is 0 Å². The highest BCUT2D eigenvalue weighted by Crippen LogP contribution is 2.22. The summed E-state index contributed by atoms with van der Waals surface area (Å²) in [6, 6.07) is 18.6. The number of nitrogens with one attached hydrogen (secondary N) is 1. The third-order valence-electron chi connectivity index (χ3n) is 4.48. The number of carbonyl (C=O) groups excluding carboxylic acids is 2. The summed E-state index contributed by atoms with van der Waals surface area (Å²) in [4.78, 5) is 30.9. The quantitative estimate of drug-likeness (QED) is 0.611. The van der Waals surface area contributed by atoms with E-state index in [4.69, 9.17) is 4.74 Å². The van der Waals surface area contributed by atoms with Crippen LogP contribution in [0.1, 0.15) is 33.2 Å². The van der Waals surface area contributed by atoms with Gasteiger partial charge in [0.1, 0.15) is 0 Å². The standard InChI is InChI=1S/C23H23N3O3/c1-3-26(16-17-9-5-4-6-10-17)22(27)18-13-19(15-24-14-18)25-21-12-8-7-11-20(21)23(28)29-2/h4-15,25H,3,16H2,1-2H3. The fourth-order valence-electron chi connectivity index (χ4n) is 2.97. The van der Waals surface area contributed by atoms with Gasteiger partial charge in [-0.3, -0.25) is 9.78 Å². The van der Waals surface area contributed by atoms with Gasteiger partial charge in [0.25, 0.3) is 5.91 Å². The highest BCUT2D eigenvalue weighted by atomic mass is 16.5. The Balaban J connectivity index is 1.80. The Morgan fingerprint density at radius 3 is 2.48 bits per heavy atom. The first-order valence-electron chi connectivity index (χ1n) is 9.35. The molecule has 2 aromatic carbocycles. The fraction of sp³-hybridized carbons (Fsp3) is 0.174. The fourth-order valence-corrected chi connectivity index (χ4v) is 2.97. The number of carbonyl (C=O) groups is 2. The van der Waals surface area contributed by atoms with Gasteiger partial charge in [-0.15, -0.1) is 0 Å². The normalized spacial score (nSPS) is 10.3. The maximum absolute atomic E-state index is 13.0.